The summed E-state index contributed by atoms with van der Waals surface area (Å²) in [5.41, 5.74) is 0. The van der Waals surface area contributed by atoms with Gasteiger partial charge < -0.3 is 8.87 Å². The Morgan fingerprint density at radius 3 is 0.391 bits per heavy atom. The minimum absolute atomic E-state index is 0.133. The number of hydrogen-bond acceptors (Lipinski definition) is 1. The third-order valence-corrected chi connectivity index (χ3v) is 634. The maximum absolute atomic E-state index is 7.90. The van der Waals surface area contributed by atoms with Crippen LogP contribution in [0.15, 0.2) is 0 Å². The number of rotatable bonds is 43. The molecule has 92 heteroatoms. The third-order valence-electron chi connectivity index (χ3n) is 7.90. The molecule has 2 radical (unpaired) electrons. The van der Waals surface area contributed by atoms with Crippen molar-refractivity contribution >= 4 is 732 Å². The summed E-state index contributed by atoms with van der Waals surface area (Å²) >= 11 is 0. The molecule has 49 atom stereocenters. The second kappa shape index (κ2) is 72.2. The Labute approximate surface area is 720 Å². The lowest BCUT2D eigenvalue weighted by molar-refractivity contribution is 4.41. The summed E-state index contributed by atoms with van der Waals surface area (Å²) in [6, 6.07) is 0. The fraction of sp³-hybridized carbons (Fsp3) is 0. The van der Waals surface area contributed by atoms with E-state index in [0.717, 1.165) is 0 Å². The Bertz CT molecular complexity index is 1730. The maximum atomic E-state index is 7.90. The summed E-state index contributed by atoms with van der Waals surface area (Å²) in [5, 5.41) is 0. The van der Waals surface area contributed by atoms with Crippen LogP contribution in [-0.4, -0.2) is 7.57 Å². The third kappa shape index (κ3) is 47.4. The molecule has 0 spiro atoms. The second-order valence-corrected chi connectivity index (χ2v) is 387. The average Bonchev–Trinajstić information content (AvgIpc) is 3.33. The van der Waals surface area contributed by atoms with Crippen molar-refractivity contribution in [1.82, 2.24) is 0 Å². The van der Waals surface area contributed by atoms with E-state index in [1.54, 1.807) is 0 Å². The van der Waals surface area contributed by atoms with Crippen LogP contribution >= 0.6 is 716 Å². The second-order valence-electron chi connectivity index (χ2n) is 14.5. The molecule has 550 valence electrons. The molecule has 0 saturated carbocycles. The van der Waals surface area contributed by atoms with Crippen LogP contribution < -0.4 is 0 Å². The Morgan fingerprint density at radius 1 is 0.152 bits per heavy atom. The molecule has 0 N–H and O–H groups in total. The first-order valence-electron chi connectivity index (χ1n) is 20.8. The normalized spacial score (nSPS) is 16.2. The van der Waals surface area contributed by atoms with Crippen molar-refractivity contribution < 1.29 is 0 Å². The molecule has 0 saturated heterocycles. The summed E-state index contributed by atoms with van der Waals surface area (Å²) in [5.74, 6) is 0. The van der Waals surface area contributed by atoms with Gasteiger partial charge in [-0.15, -0.1) is 415 Å². The summed E-state index contributed by atoms with van der Waals surface area (Å²) in [6.07, 6.45) is 0. The van der Waals surface area contributed by atoms with E-state index < -0.39 is 69.6 Å². The summed E-state index contributed by atoms with van der Waals surface area (Å²) in [6.45, 7) is -15.7. The first-order chi connectivity index (χ1) is 41.9. The van der Waals surface area contributed by atoms with Crippen LogP contribution in [0.2, 0.25) is 0 Å². The average molecular weight is 2920 g/mol. The van der Waals surface area contributed by atoms with Gasteiger partial charge in [0.2, 0.25) is 0 Å². The predicted molar refractivity (Wildman–Crippen MR) is 761 cm³/mol. The lowest BCUT2D eigenvalue weighted by Gasteiger charge is -2.58. The fourth-order valence-corrected chi connectivity index (χ4v) is 1280. The van der Waals surface area contributed by atoms with Gasteiger partial charge in [-0.25, -0.2) is 14.1 Å². The van der Waals surface area contributed by atoms with E-state index in [1.165, 1.54) is 0 Å². The number of hydrogen-bond donors (Lipinski definition) is 0. The van der Waals surface area contributed by atoms with Gasteiger partial charge in [-0.3, -0.25) is 0 Å². The van der Waals surface area contributed by atoms with E-state index in [-0.39, 0.29) is 239 Å². The Balaban J connectivity index is 13.4. The highest BCUT2D eigenvalue weighted by Crippen LogP contribution is 3.42. The van der Waals surface area contributed by atoms with Gasteiger partial charge in [0, 0.05) is 21.0 Å². The smallest absolute Gasteiger partial charge is 0.121 e. The van der Waals surface area contributed by atoms with E-state index in [9.17, 15) is 0 Å². The Kier molecular flexibility index (Phi) is 103. The van der Waals surface area contributed by atoms with Gasteiger partial charge in [0.15, 0.2) is 0 Å². The minimum atomic E-state index is -0.731. The van der Waals surface area contributed by atoms with Crippen LogP contribution in [0.1, 0.15) is 0 Å². The van der Waals surface area contributed by atoms with E-state index >= 15 is 0 Å². The van der Waals surface area contributed by atoms with Crippen LogP contribution in [0.5, 0.6) is 0 Å². The summed E-state index contributed by atoms with van der Waals surface area (Å²) in [7, 11) is 175. The van der Waals surface area contributed by atoms with Crippen molar-refractivity contribution in [3.05, 3.63) is 0 Å². The molecule has 0 heterocycles. The molecule has 0 nitrogen and oxygen atoms in total. The van der Waals surface area contributed by atoms with Crippen LogP contribution in [0.3, 0.4) is 0 Å². The van der Waals surface area contributed by atoms with Crippen molar-refractivity contribution in [2.24, 2.45) is 0 Å². The van der Waals surface area contributed by atoms with Crippen LogP contribution in [0.4, 0.5) is 0 Å². The molecule has 0 aliphatic heterocycles. The minimum Gasteiger partial charge on any atom is -0.378 e. The Hall–Kier alpha value is 38.9. The van der Waals surface area contributed by atoms with Gasteiger partial charge in [-0.05, 0) is 266 Å². The van der Waals surface area contributed by atoms with Gasteiger partial charge in [0.1, 0.15) is 7.57 Å². The highest BCUT2D eigenvalue weighted by atomic mass is 33.6. The molecule has 0 aromatic carbocycles. The molecule has 49 unspecified atom stereocenters. The highest BCUT2D eigenvalue weighted by Gasteiger charge is 2.54. The molecule has 0 aromatic rings. The molecule has 0 aromatic heterocycles. The predicted octanol–water partition coefficient (Wildman–Crippen LogP) is 53.0. The fourth-order valence-electron chi connectivity index (χ4n) is 5.35. The molecule has 0 fully saturated rings. The SMILES string of the molecule is [B]P(P)P(P(P)P)P(P(P)P)P(P=[S-](=PP(P(P(P(P)P)P(P)P)P(P(P)P)P(P)P)P(P(P(P)P)P(P)P)P(P(P)P)P(P)P)P(P(P(P(P)P)P(P)P)P(P(P)P)P(P)P)P(P(P(P)P)P(P)P)P(P(P)P)P(P)P)P(P(P(P)P)P(P)P)P(P(P)P)P(P)P. The zero-order valence-corrected chi connectivity index (χ0v) is 140. The zero-order chi connectivity index (χ0) is 72.8. The maximum Gasteiger partial charge on any atom is 0.121 e. The van der Waals surface area contributed by atoms with Crippen molar-refractivity contribution in [2.45, 2.75) is 0 Å². The monoisotopic (exact) mass is 2920 g/mol. The van der Waals surface area contributed by atoms with Gasteiger partial charge in [0.25, 0.3) is 0 Å². The van der Waals surface area contributed by atoms with Crippen molar-refractivity contribution in [1.29, 1.82) is 0 Å². The van der Waals surface area contributed by atoms with E-state index in [0.29, 0.717) is 0 Å². The molecular formula is H90BP90S-. The van der Waals surface area contributed by atoms with Crippen LogP contribution in [0, 0.1) is 0 Å². The molecule has 0 aliphatic rings. The van der Waals surface area contributed by atoms with Crippen molar-refractivity contribution in [3.63, 3.8) is 0 Å². The van der Waals surface area contributed by atoms with Crippen LogP contribution in [0.25, 0.3) is 0 Å². The van der Waals surface area contributed by atoms with Gasteiger partial charge in [-0.1, -0.05) is 0 Å². The van der Waals surface area contributed by atoms with Crippen molar-refractivity contribution in [2.75, 3.05) is 0 Å². The van der Waals surface area contributed by atoms with Gasteiger partial charge in [-0.2, -0.15) is 0 Å². The van der Waals surface area contributed by atoms with Gasteiger partial charge in [0.05, 0.1) is 0 Å². The molecule has 0 rings (SSSR count). The van der Waals surface area contributed by atoms with E-state index in [2.05, 4.69) is 409 Å². The van der Waals surface area contributed by atoms with Crippen molar-refractivity contribution in [3.8, 4) is 0 Å². The lowest BCUT2D eigenvalue weighted by atomic mass is 10.8. The molecular weight excluding hydrogens is 2830 g/mol. The molecule has 0 aliphatic carbocycles. The molecule has 92 heavy (non-hydrogen) atoms. The first-order valence-corrected chi connectivity index (χ1v) is 186. The molecule has 0 bridgehead atoms. The lowest BCUT2D eigenvalue weighted by Crippen LogP contribution is -1.72. The van der Waals surface area contributed by atoms with Gasteiger partial charge >= 0.3 is 0 Å². The van der Waals surface area contributed by atoms with Crippen LogP contribution in [-0.2, 0) is 8.87 Å². The van der Waals surface area contributed by atoms with E-state index in [4.69, 9.17) is 7.57 Å². The largest absolute Gasteiger partial charge is 0.378 e. The van der Waals surface area contributed by atoms with E-state index in [1.807, 2.05) is 7.04 Å². The quantitative estimate of drug-likeness (QED) is 0.0324. The summed E-state index contributed by atoms with van der Waals surface area (Å²) in [4.78, 5) is 0. The zero-order valence-electron chi connectivity index (χ0n) is 47.1. The topological polar surface area (TPSA) is 0 Å². The summed E-state index contributed by atoms with van der Waals surface area (Å²) < 4.78 is 0. The first kappa shape index (κ1) is 131. The molecule has 0 amide bonds. The Morgan fingerprint density at radius 2 is 0.272 bits per heavy atom. The standard InChI is InChI=1S/BH90P90S/c1-49(2)74(50(3)4)85(71(45)46)72(86(75(51(5)6)52(7)8)76(53(9)10)54(11)12)47-92(91(89(81(63(29)30)64(31)32)82(65(33)34)66(35)36)90(83(67(37)38)68(39)40)84(69(41)42)70(43)44)48-73(87(77(55(13)14)56(15)16)78(57(17)18)58(19)20)88(79(59(21)22)60(23)24)80(61(25)26)62(27)28/h2-46H2/q-1. The highest BCUT2D eigenvalue weighted by molar-refractivity contribution is 9.52.